The second kappa shape index (κ2) is 5.15. The molecule has 0 unspecified atom stereocenters. The molecule has 4 heteroatoms. The Hall–Kier alpha value is -2.88. The SMILES string of the molecule is Cc1cnc(Cc2nc3ccccc3n2-c2ccccc2)[nH]1. The molecule has 0 aliphatic rings. The molecule has 4 rings (SSSR count). The van der Waals surface area contributed by atoms with Crippen molar-refractivity contribution >= 4 is 11.0 Å². The number of fused-ring (bicyclic) bond motifs is 1. The fourth-order valence-corrected chi connectivity index (χ4v) is 2.77. The Labute approximate surface area is 128 Å². The molecule has 0 radical (unpaired) electrons. The fourth-order valence-electron chi connectivity index (χ4n) is 2.77. The molecule has 2 heterocycles. The van der Waals surface area contributed by atoms with Gasteiger partial charge in [-0.05, 0) is 31.2 Å². The molecule has 2 aromatic heterocycles. The van der Waals surface area contributed by atoms with Crippen LogP contribution in [-0.4, -0.2) is 19.5 Å². The van der Waals surface area contributed by atoms with Crippen molar-refractivity contribution in [2.75, 3.05) is 0 Å². The number of aromatic amines is 1. The molecule has 0 saturated heterocycles. The third-order valence-electron chi connectivity index (χ3n) is 3.73. The predicted octanol–water partition coefficient (Wildman–Crippen LogP) is 3.65. The van der Waals surface area contributed by atoms with Crippen LogP contribution in [0.4, 0.5) is 0 Å². The number of H-pyrrole nitrogens is 1. The van der Waals surface area contributed by atoms with Crippen molar-refractivity contribution in [2.24, 2.45) is 0 Å². The average molecular weight is 288 g/mol. The number of hydrogen-bond donors (Lipinski definition) is 1. The highest BCUT2D eigenvalue weighted by molar-refractivity contribution is 5.78. The molecule has 0 aliphatic carbocycles. The monoisotopic (exact) mass is 288 g/mol. The minimum atomic E-state index is 0.678. The second-order valence-corrected chi connectivity index (χ2v) is 5.38. The first-order chi connectivity index (χ1) is 10.8. The van der Waals surface area contributed by atoms with Crippen molar-refractivity contribution < 1.29 is 0 Å². The van der Waals surface area contributed by atoms with Crippen molar-refractivity contribution in [2.45, 2.75) is 13.3 Å². The summed E-state index contributed by atoms with van der Waals surface area (Å²) in [4.78, 5) is 12.5. The van der Waals surface area contributed by atoms with E-state index in [0.29, 0.717) is 6.42 Å². The van der Waals surface area contributed by atoms with Gasteiger partial charge in [-0.1, -0.05) is 30.3 Å². The maximum absolute atomic E-state index is 4.80. The minimum Gasteiger partial charge on any atom is -0.346 e. The molecular weight excluding hydrogens is 272 g/mol. The molecule has 1 N–H and O–H groups in total. The molecular formula is C18H16N4. The number of aromatic nitrogens is 4. The lowest BCUT2D eigenvalue weighted by molar-refractivity contribution is 0.886. The topological polar surface area (TPSA) is 46.5 Å². The number of rotatable bonds is 3. The van der Waals surface area contributed by atoms with Crippen LogP contribution in [0.5, 0.6) is 0 Å². The zero-order valence-corrected chi connectivity index (χ0v) is 12.3. The molecule has 0 aliphatic heterocycles. The van der Waals surface area contributed by atoms with Crippen LogP contribution in [0.25, 0.3) is 16.7 Å². The van der Waals surface area contributed by atoms with Gasteiger partial charge in [-0.25, -0.2) is 9.97 Å². The highest BCUT2D eigenvalue weighted by atomic mass is 15.1. The van der Waals surface area contributed by atoms with Crippen LogP contribution in [-0.2, 0) is 6.42 Å². The normalized spacial score (nSPS) is 11.1. The van der Waals surface area contributed by atoms with Gasteiger partial charge in [0.1, 0.15) is 11.6 Å². The lowest BCUT2D eigenvalue weighted by Gasteiger charge is -2.08. The maximum Gasteiger partial charge on any atom is 0.122 e. The number of aryl methyl sites for hydroxylation is 1. The van der Waals surface area contributed by atoms with Gasteiger partial charge in [-0.15, -0.1) is 0 Å². The number of para-hydroxylation sites is 3. The summed E-state index contributed by atoms with van der Waals surface area (Å²) in [6.07, 6.45) is 2.53. The van der Waals surface area contributed by atoms with E-state index in [1.165, 1.54) is 0 Å². The first-order valence-electron chi connectivity index (χ1n) is 7.33. The highest BCUT2D eigenvalue weighted by Crippen LogP contribution is 2.22. The van der Waals surface area contributed by atoms with Crippen LogP contribution >= 0.6 is 0 Å². The van der Waals surface area contributed by atoms with Gasteiger partial charge in [0, 0.05) is 17.6 Å². The lowest BCUT2D eigenvalue weighted by atomic mass is 10.2. The van der Waals surface area contributed by atoms with E-state index >= 15 is 0 Å². The number of benzene rings is 2. The Balaban J connectivity index is 1.90. The number of hydrogen-bond acceptors (Lipinski definition) is 2. The van der Waals surface area contributed by atoms with Crippen molar-refractivity contribution in [1.82, 2.24) is 19.5 Å². The number of imidazole rings is 2. The molecule has 0 bridgehead atoms. The zero-order valence-electron chi connectivity index (χ0n) is 12.3. The summed E-state index contributed by atoms with van der Waals surface area (Å²) in [5.74, 6) is 1.92. The van der Waals surface area contributed by atoms with Gasteiger partial charge in [0.2, 0.25) is 0 Å². The van der Waals surface area contributed by atoms with Crippen LogP contribution in [0.3, 0.4) is 0 Å². The van der Waals surface area contributed by atoms with Crippen molar-refractivity contribution in [3.8, 4) is 5.69 Å². The maximum atomic E-state index is 4.80. The van der Waals surface area contributed by atoms with Crippen LogP contribution in [0.15, 0.2) is 60.8 Å². The lowest BCUT2D eigenvalue weighted by Crippen LogP contribution is -2.03. The van der Waals surface area contributed by atoms with Crippen LogP contribution in [0.2, 0.25) is 0 Å². The Morgan fingerprint density at radius 1 is 1.00 bits per heavy atom. The van der Waals surface area contributed by atoms with Crippen LogP contribution in [0, 0.1) is 6.92 Å². The summed E-state index contributed by atoms with van der Waals surface area (Å²) < 4.78 is 2.20. The van der Waals surface area contributed by atoms with E-state index < -0.39 is 0 Å². The van der Waals surface area contributed by atoms with Crippen LogP contribution in [0.1, 0.15) is 17.3 Å². The molecule has 4 nitrogen and oxygen atoms in total. The summed E-state index contributed by atoms with van der Waals surface area (Å²) in [7, 11) is 0. The number of nitrogens with one attached hydrogen (secondary N) is 1. The summed E-state index contributed by atoms with van der Waals surface area (Å²) >= 11 is 0. The van der Waals surface area contributed by atoms with Gasteiger partial charge in [0.05, 0.1) is 17.5 Å². The summed E-state index contributed by atoms with van der Waals surface area (Å²) in [6, 6.07) is 18.5. The summed E-state index contributed by atoms with van der Waals surface area (Å²) in [5.41, 5.74) is 4.31. The van der Waals surface area contributed by atoms with E-state index in [1.807, 2.05) is 49.5 Å². The standard InChI is InChI=1S/C18H16N4/c1-13-12-19-17(20-13)11-18-21-15-9-5-6-10-16(15)22(18)14-7-3-2-4-8-14/h2-10,12H,11H2,1H3,(H,19,20). The smallest absolute Gasteiger partial charge is 0.122 e. The minimum absolute atomic E-state index is 0.678. The Bertz CT molecular complexity index is 919. The van der Waals surface area contributed by atoms with Crippen molar-refractivity contribution in [3.63, 3.8) is 0 Å². The van der Waals surface area contributed by atoms with Gasteiger partial charge in [-0.3, -0.25) is 4.57 Å². The fraction of sp³-hybridized carbons (Fsp3) is 0.111. The molecule has 2 aromatic carbocycles. The highest BCUT2D eigenvalue weighted by Gasteiger charge is 2.13. The van der Waals surface area contributed by atoms with E-state index in [2.05, 4.69) is 32.7 Å². The second-order valence-electron chi connectivity index (χ2n) is 5.38. The van der Waals surface area contributed by atoms with Gasteiger partial charge in [0.15, 0.2) is 0 Å². The zero-order chi connectivity index (χ0) is 14.9. The molecule has 0 fully saturated rings. The molecule has 0 atom stereocenters. The Kier molecular flexibility index (Phi) is 3.00. The van der Waals surface area contributed by atoms with Crippen molar-refractivity contribution in [3.05, 3.63) is 78.1 Å². The van der Waals surface area contributed by atoms with Gasteiger partial charge < -0.3 is 4.98 Å². The van der Waals surface area contributed by atoms with E-state index in [4.69, 9.17) is 4.98 Å². The Morgan fingerprint density at radius 2 is 1.77 bits per heavy atom. The van der Waals surface area contributed by atoms with Crippen LogP contribution < -0.4 is 0 Å². The predicted molar refractivity (Wildman–Crippen MR) is 87.2 cm³/mol. The molecule has 22 heavy (non-hydrogen) atoms. The Morgan fingerprint density at radius 3 is 2.55 bits per heavy atom. The first kappa shape index (κ1) is 12.8. The molecule has 0 amide bonds. The van der Waals surface area contributed by atoms with Gasteiger partial charge in [0.25, 0.3) is 0 Å². The van der Waals surface area contributed by atoms with E-state index in [0.717, 1.165) is 34.1 Å². The summed E-state index contributed by atoms with van der Waals surface area (Å²) in [6.45, 7) is 2.01. The van der Waals surface area contributed by atoms with Crippen molar-refractivity contribution in [1.29, 1.82) is 0 Å². The largest absolute Gasteiger partial charge is 0.346 e. The third kappa shape index (κ3) is 2.19. The number of nitrogens with zero attached hydrogens (tertiary/aromatic N) is 3. The first-order valence-corrected chi connectivity index (χ1v) is 7.33. The van der Waals surface area contributed by atoms with E-state index in [9.17, 15) is 0 Å². The van der Waals surface area contributed by atoms with E-state index in [-0.39, 0.29) is 0 Å². The molecule has 0 saturated carbocycles. The molecule has 0 spiro atoms. The molecule has 4 aromatic rings. The average Bonchev–Trinajstić information content (AvgIpc) is 3.11. The quantitative estimate of drug-likeness (QED) is 0.625. The van der Waals surface area contributed by atoms with Gasteiger partial charge in [-0.2, -0.15) is 0 Å². The van der Waals surface area contributed by atoms with E-state index in [1.54, 1.807) is 0 Å². The summed E-state index contributed by atoms with van der Waals surface area (Å²) in [5, 5.41) is 0. The molecule has 108 valence electrons. The third-order valence-corrected chi connectivity index (χ3v) is 3.73. The van der Waals surface area contributed by atoms with Gasteiger partial charge >= 0.3 is 0 Å².